The van der Waals surface area contributed by atoms with Gasteiger partial charge in [0.05, 0.1) is 31.4 Å². The molecule has 0 unspecified atom stereocenters. The maximum absolute atomic E-state index is 12.9. The SMILES string of the molecule is CCOC(=O)c1ccc(N[C@@H]2CC(=O)N(c3cc(C)c(Cl)cc3OC)C2=O)cc1. The van der Waals surface area contributed by atoms with Gasteiger partial charge in [0, 0.05) is 16.8 Å². The van der Waals surface area contributed by atoms with Crippen molar-refractivity contribution in [3.05, 3.63) is 52.5 Å². The Bertz CT molecular complexity index is 958. The van der Waals surface area contributed by atoms with E-state index in [1.165, 1.54) is 7.11 Å². The first-order valence-electron chi connectivity index (χ1n) is 9.10. The second-order valence-electron chi connectivity index (χ2n) is 6.54. The summed E-state index contributed by atoms with van der Waals surface area (Å²) in [5.74, 6) is -0.788. The molecule has 152 valence electrons. The molecule has 0 spiro atoms. The number of imide groups is 1. The van der Waals surface area contributed by atoms with Gasteiger partial charge in [-0.1, -0.05) is 11.6 Å². The number of esters is 1. The molecule has 1 atom stereocenters. The molecule has 0 aromatic heterocycles. The molecule has 7 nitrogen and oxygen atoms in total. The molecule has 1 N–H and O–H groups in total. The fourth-order valence-electron chi connectivity index (χ4n) is 3.10. The van der Waals surface area contributed by atoms with Crippen molar-refractivity contribution in [2.75, 3.05) is 23.9 Å². The average molecular weight is 417 g/mol. The number of carbonyl (C=O) groups excluding carboxylic acids is 3. The molecule has 2 aromatic rings. The molecule has 0 radical (unpaired) electrons. The van der Waals surface area contributed by atoms with Crippen molar-refractivity contribution in [2.24, 2.45) is 0 Å². The maximum Gasteiger partial charge on any atom is 0.338 e. The zero-order valence-electron chi connectivity index (χ0n) is 16.3. The number of nitrogens with one attached hydrogen (secondary N) is 1. The van der Waals surface area contributed by atoms with Crippen LogP contribution in [0.2, 0.25) is 5.02 Å². The highest BCUT2D eigenvalue weighted by Crippen LogP contribution is 2.36. The average Bonchev–Trinajstić information content (AvgIpc) is 2.97. The standard InChI is InChI=1S/C21H21ClN2O5/c1-4-29-21(27)13-5-7-14(8-6-13)23-16-11-19(25)24(20(16)26)17-9-12(2)15(22)10-18(17)28-3/h5-10,16,23H,4,11H2,1-3H3/t16-/m1/s1. The molecular formula is C21H21ClN2O5. The fourth-order valence-corrected chi connectivity index (χ4v) is 3.26. The van der Waals surface area contributed by atoms with E-state index in [2.05, 4.69) is 5.32 Å². The van der Waals surface area contributed by atoms with E-state index < -0.39 is 12.0 Å². The van der Waals surface area contributed by atoms with Gasteiger partial charge in [0.25, 0.3) is 5.91 Å². The normalized spacial score (nSPS) is 16.1. The first kappa shape index (κ1) is 20.7. The van der Waals surface area contributed by atoms with Crippen LogP contribution in [0.4, 0.5) is 11.4 Å². The van der Waals surface area contributed by atoms with E-state index in [0.717, 1.165) is 10.5 Å². The lowest BCUT2D eigenvalue weighted by atomic mass is 10.1. The second kappa shape index (κ2) is 8.53. The molecule has 0 bridgehead atoms. The summed E-state index contributed by atoms with van der Waals surface area (Å²) in [7, 11) is 1.45. The summed E-state index contributed by atoms with van der Waals surface area (Å²) in [4.78, 5) is 38.4. The minimum atomic E-state index is -0.725. The smallest absolute Gasteiger partial charge is 0.338 e. The summed E-state index contributed by atoms with van der Waals surface area (Å²) in [5, 5.41) is 3.54. The predicted octanol–water partition coefficient (Wildman–Crippen LogP) is 3.58. The Labute approximate surface area is 173 Å². The molecule has 0 aliphatic carbocycles. The number of aryl methyl sites for hydroxylation is 1. The Balaban J connectivity index is 1.79. The van der Waals surface area contributed by atoms with Crippen LogP contribution in [0.3, 0.4) is 0 Å². The van der Waals surface area contributed by atoms with Gasteiger partial charge in [-0.05, 0) is 49.7 Å². The van der Waals surface area contributed by atoms with Crippen LogP contribution in [0.5, 0.6) is 5.75 Å². The van der Waals surface area contributed by atoms with Gasteiger partial charge in [-0.2, -0.15) is 0 Å². The van der Waals surface area contributed by atoms with Crippen LogP contribution in [0.25, 0.3) is 0 Å². The quantitative estimate of drug-likeness (QED) is 0.572. The van der Waals surface area contributed by atoms with E-state index in [1.54, 1.807) is 50.2 Å². The third-order valence-corrected chi connectivity index (χ3v) is 4.99. The number of amides is 2. The minimum Gasteiger partial charge on any atom is -0.495 e. The van der Waals surface area contributed by atoms with Gasteiger partial charge in [-0.15, -0.1) is 0 Å². The van der Waals surface area contributed by atoms with E-state index in [0.29, 0.717) is 34.3 Å². The molecule has 29 heavy (non-hydrogen) atoms. The number of ether oxygens (including phenoxy) is 2. The molecule has 8 heteroatoms. The Morgan fingerprint density at radius 1 is 1.24 bits per heavy atom. The zero-order valence-corrected chi connectivity index (χ0v) is 17.1. The zero-order chi connectivity index (χ0) is 21.1. The number of anilines is 2. The van der Waals surface area contributed by atoms with E-state index in [4.69, 9.17) is 21.1 Å². The van der Waals surface area contributed by atoms with Crippen molar-refractivity contribution in [2.45, 2.75) is 26.3 Å². The fraction of sp³-hybridized carbons (Fsp3) is 0.286. The third kappa shape index (κ3) is 4.19. The van der Waals surface area contributed by atoms with Gasteiger partial charge in [0.1, 0.15) is 11.8 Å². The van der Waals surface area contributed by atoms with Crippen molar-refractivity contribution in [1.82, 2.24) is 0 Å². The highest BCUT2D eigenvalue weighted by molar-refractivity contribution is 6.32. The minimum absolute atomic E-state index is 0.00326. The Kier molecular flexibility index (Phi) is 6.08. The summed E-state index contributed by atoms with van der Waals surface area (Å²) < 4.78 is 10.3. The number of benzene rings is 2. The number of nitrogens with zero attached hydrogens (tertiary/aromatic N) is 1. The number of hydrogen-bond acceptors (Lipinski definition) is 6. The van der Waals surface area contributed by atoms with Gasteiger partial charge in [-0.3, -0.25) is 9.59 Å². The largest absolute Gasteiger partial charge is 0.495 e. The van der Waals surface area contributed by atoms with Crippen LogP contribution in [0, 0.1) is 6.92 Å². The number of halogens is 1. The highest BCUT2D eigenvalue weighted by Gasteiger charge is 2.41. The molecule has 2 aromatic carbocycles. The third-order valence-electron chi connectivity index (χ3n) is 4.58. The Morgan fingerprint density at radius 3 is 2.55 bits per heavy atom. The Morgan fingerprint density at radius 2 is 1.93 bits per heavy atom. The molecular weight excluding hydrogens is 396 g/mol. The van der Waals surface area contributed by atoms with Gasteiger partial charge in [0.2, 0.25) is 5.91 Å². The summed E-state index contributed by atoms with van der Waals surface area (Å²) in [6.45, 7) is 3.82. The summed E-state index contributed by atoms with van der Waals surface area (Å²) in [6, 6.07) is 9.06. The van der Waals surface area contributed by atoms with E-state index in [1.807, 2.05) is 0 Å². The second-order valence-corrected chi connectivity index (χ2v) is 6.95. The van der Waals surface area contributed by atoms with Crippen LogP contribution >= 0.6 is 11.6 Å². The molecule has 3 rings (SSSR count). The van der Waals surface area contributed by atoms with Crippen molar-refractivity contribution >= 4 is 40.8 Å². The van der Waals surface area contributed by atoms with Crippen molar-refractivity contribution in [3.8, 4) is 5.75 Å². The van der Waals surface area contributed by atoms with Gasteiger partial charge < -0.3 is 14.8 Å². The molecule has 1 fully saturated rings. The molecule has 1 aliphatic rings. The lowest BCUT2D eigenvalue weighted by molar-refractivity contribution is -0.121. The van der Waals surface area contributed by atoms with Crippen molar-refractivity contribution in [3.63, 3.8) is 0 Å². The maximum atomic E-state index is 12.9. The van der Waals surface area contributed by atoms with Crippen molar-refractivity contribution in [1.29, 1.82) is 0 Å². The van der Waals surface area contributed by atoms with Crippen LogP contribution in [0.15, 0.2) is 36.4 Å². The first-order valence-corrected chi connectivity index (χ1v) is 9.48. The summed E-state index contributed by atoms with van der Waals surface area (Å²) in [6.07, 6.45) is 0.00326. The number of rotatable bonds is 6. The first-order chi connectivity index (χ1) is 13.8. The molecule has 1 aliphatic heterocycles. The lowest BCUT2D eigenvalue weighted by Crippen LogP contribution is -2.35. The van der Waals surface area contributed by atoms with Gasteiger partial charge in [0.15, 0.2) is 0 Å². The van der Waals surface area contributed by atoms with E-state index in [9.17, 15) is 14.4 Å². The number of hydrogen-bond donors (Lipinski definition) is 1. The number of carbonyl (C=O) groups is 3. The Hall–Kier alpha value is -3.06. The lowest BCUT2D eigenvalue weighted by Gasteiger charge is -2.19. The predicted molar refractivity (Wildman–Crippen MR) is 110 cm³/mol. The van der Waals surface area contributed by atoms with Gasteiger partial charge >= 0.3 is 5.97 Å². The van der Waals surface area contributed by atoms with E-state index in [-0.39, 0.29) is 18.2 Å². The molecule has 1 heterocycles. The molecule has 0 saturated carbocycles. The van der Waals surface area contributed by atoms with Gasteiger partial charge in [-0.25, -0.2) is 9.69 Å². The van der Waals surface area contributed by atoms with Crippen molar-refractivity contribution < 1.29 is 23.9 Å². The molecule has 2 amide bonds. The van der Waals surface area contributed by atoms with Crippen LogP contribution in [-0.4, -0.2) is 37.5 Å². The van der Waals surface area contributed by atoms with Crippen LogP contribution < -0.4 is 15.0 Å². The highest BCUT2D eigenvalue weighted by atomic mass is 35.5. The van der Waals surface area contributed by atoms with Crippen LogP contribution in [0.1, 0.15) is 29.3 Å². The van der Waals surface area contributed by atoms with E-state index >= 15 is 0 Å². The number of methoxy groups -OCH3 is 1. The summed E-state index contributed by atoms with van der Waals surface area (Å²) in [5.41, 5.74) is 2.12. The monoisotopic (exact) mass is 416 g/mol. The summed E-state index contributed by atoms with van der Waals surface area (Å²) >= 11 is 6.12. The van der Waals surface area contributed by atoms with Crippen LogP contribution in [-0.2, 0) is 14.3 Å². The molecule has 1 saturated heterocycles. The topological polar surface area (TPSA) is 84.9 Å².